The summed E-state index contributed by atoms with van der Waals surface area (Å²) in [5.41, 5.74) is 2.49. The lowest BCUT2D eigenvalue weighted by Crippen LogP contribution is -2.15. The summed E-state index contributed by atoms with van der Waals surface area (Å²) in [7, 11) is 0. The molecule has 0 radical (unpaired) electrons. The van der Waals surface area contributed by atoms with Gasteiger partial charge in [-0.25, -0.2) is 0 Å². The Bertz CT molecular complexity index is 577. The molecule has 1 aromatic heterocycles. The molecule has 3 rings (SSSR count). The molecule has 1 fully saturated rings. The predicted molar refractivity (Wildman–Crippen MR) is 77.4 cm³/mol. The molecule has 1 saturated carbocycles. The summed E-state index contributed by atoms with van der Waals surface area (Å²) in [6.45, 7) is 4.85. The maximum atomic E-state index is 5.60. The second kappa shape index (κ2) is 5.63. The minimum absolute atomic E-state index is 0.140. The molecule has 0 bridgehead atoms. The normalized spacial score (nSPS) is 16.1. The van der Waals surface area contributed by atoms with E-state index < -0.39 is 0 Å². The van der Waals surface area contributed by atoms with Crippen molar-refractivity contribution in [2.45, 2.75) is 45.3 Å². The summed E-state index contributed by atoms with van der Waals surface area (Å²) >= 11 is 0. The molecule has 106 valence electrons. The van der Waals surface area contributed by atoms with E-state index in [0.717, 1.165) is 0 Å². The molecule has 1 aromatic carbocycles. The van der Waals surface area contributed by atoms with E-state index in [0.29, 0.717) is 24.5 Å². The average Bonchev–Trinajstić information content (AvgIpc) is 3.17. The lowest BCUT2D eigenvalue weighted by molar-refractivity contribution is 0.473. The zero-order valence-electron chi connectivity index (χ0n) is 11.9. The highest BCUT2D eigenvalue weighted by Gasteiger charge is 2.21. The highest BCUT2D eigenvalue weighted by molar-refractivity contribution is 5.33. The number of nitrogens with zero attached hydrogens (tertiary/aromatic N) is 2. The zero-order valence-corrected chi connectivity index (χ0v) is 11.9. The average molecular weight is 272 g/mol. The Morgan fingerprint density at radius 3 is 2.85 bits per heavy atom. The van der Waals surface area contributed by atoms with Gasteiger partial charge < -0.3 is 15.1 Å². The number of rotatable bonds is 6. The third-order valence-corrected chi connectivity index (χ3v) is 3.58. The van der Waals surface area contributed by atoms with Crippen molar-refractivity contribution >= 4 is 6.01 Å². The summed E-state index contributed by atoms with van der Waals surface area (Å²) in [5.74, 6) is 0.636. The fraction of sp³-hybridized carbons (Fsp3) is 0.467. The Morgan fingerprint density at radius 1 is 1.30 bits per heavy atom. The number of anilines is 1. The summed E-state index contributed by atoms with van der Waals surface area (Å²) in [6.07, 6.45) is 2.51. The SMILES string of the molecule is Cc1ccccc1C(C)Nc1nnc(CNC2CC2)o1. The van der Waals surface area contributed by atoms with E-state index in [4.69, 9.17) is 4.42 Å². The van der Waals surface area contributed by atoms with Crippen LogP contribution in [0.3, 0.4) is 0 Å². The van der Waals surface area contributed by atoms with Crippen molar-refractivity contribution in [2.24, 2.45) is 0 Å². The molecule has 0 amide bonds. The second-order valence-electron chi connectivity index (χ2n) is 5.38. The van der Waals surface area contributed by atoms with Crippen LogP contribution in [-0.4, -0.2) is 16.2 Å². The van der Waals surface area contributed by atoms with Crippen LogP contribution in [0.2, 0.25) is 0 Å². The van der Waals surface area contributed by atoms with Gasteiger partial charge in [0.25, 0.3) is 0 Å². The topological polar surface area (TPSA) is 63.0 Å². The summed E-state index contributed by atoms with van der Waals surface area (Å²) in [5, 5.41) is 14.7. The lowest BCUT2D eigenvalue weighted by atomic mass is 10.0. The first-order valence-electron chi connectivity index (χ1n) is 7.10. The first kappa shape index (κ1) is 13.1. The van der Waals surface area contributed by atoms with E-state index in [9.17, 15) is 0 Å². The number of nitrogens with one attached hydrogen (secondary N) is 2. The molecular formula is C15H20N4O. The van der Waals surface area contributed by atoms with Crippen LogP contribution in [0.5, 0.6) is 0 Å². The van der Waals surface area contributed by atoms with Gasteiger partial charge in [0, 0.05) is 6.04 Å². The van der Waals surface area contributed by atoms with Crippen LogP contribution in [0.1, 0.15) is 42.8 Å². The number of hydrogen-bond acceptors (Lipinski definition) is 5. The van der Waals surface area contributed by atoms with Gasteiger partial charge in [0.1, 0.15) is 0 Å². The highest BCUT2D eigenvalue weighted by Crippen LogP contribution is 2.22. The monoisotopic (exact) mass is 272 g/mol. The Kier molecular flexibility index (Phi) is 3.69. The van der Waals surface area contributed by atoms with Crippen molar-refractivity contribution in [1.82, 2.24) is 15.5 Å². The molecule has 5 heteroatoms. The van der Waals surface area contributed by atoms with Gasteiger partial charge in [-0.1, -0.05) is 29.4 Å². The van der Waals surface area contributed by atoms with E-state index in [-0.39, 0.29) is 6.04 Å². The fourth-order valence-corrected chi connectivity index (χ4v) is 2.24. The van der Waals surface area contributed by atoms with Crippen LogP contribution in [0.25, 0.3) is 0 Å². The molecule has 1 unspecified atom stereocenters. The lowest BCUT2D eigenvalue weighted by Gasteiger charge is -2.14. The smallest absolute Gasteiger partial charge is 0.315 e. The van der Waals surface area contributed by atoms with E-state index >= 15 is 0 Å². The Hall–Kier alpha value is -1.88. The van der Waals surface area contributed by atoms with Crippen molar-refractivity contribution in [2.75, 3.05) is 5.32 Å². The number of benzene rings is 1. The first-order valence-corrected chi connectivity index (χ1v) is 7.10. The van der Waals surface area contributed by atoms with E-state index in [1.807, 2.05) is 12.1 Å². The maximum absolute atomic E-state index is 5.60. The van der Waals surface area contributed by atoms with Crippen molar-refractivity contribution in [1.29, 1.82) is 0 Å². The van der Waals surface area contributed by atoms with Crippen molar-refractivity contribution in [3.63, 3.8) is 0 Å². The second-order valence-corrected chi connectivity index (χ2v) is 5.38. The van der Waals surface area contributed by atoms with Crippen LogP contribution in [-0.2, 0) is 6.54 Å². The van der Waals surface area contributed by atoms with E-state index in [1.54, 1.807) is 0 Å². The maximum Gasteiger partial charge on any atom is 0.315 e. The van der Waals surface area contributed by atoms with Gasteiger partial charge in [0.15, 0.2) is 0 Å². The number of hydrogen-bond donors (Lipinski definition) is 2. The number of aromatic nitrogens is 2. The first-order chi connectivity index (χ1) is 9.72. The highest BCUT2D eigenvalue weighted by atomic mass is 16.4. The molecule has 2 aromatic rings. The van der Waals surface area contributed by atoms with Gasteiger partial charge >= 0.3 is 6.01 Å². The number of aryl methyl sites for hydroxylation is 1. The van der Waals surface area contributed by atoms with Gasteiger partial charge in [-0.2, -0.15) is 0 Å². The van der Waals surface area contributed by atoms with Gasteiger partial charge in [0.2, 0.25) is 5.89 Å². The van der Waals surface area contributed by atoms with Crippen LogP contribution in [0.15, 0.2) is 28.7 Å². The molecule has 0 saturated heterocycles. The predicted octanol–water partition coefficient (Wildman–Crippen LogP) is 2.80. The molecule has 1 aliphatic carbocycles. The molecule has 1 atom stereocenters. The largest absolute Gasteiger partial charge is 0.407 e. The van der Waals surface area contributed by atoms with Crippen LogP contribution < -0.4 is 10.6 Å². The third-order valence-electron chi connectivity index (χ3n) is 3.58. The van der Waals surface area contributed by atoms with Gasteiger partial charge in [-0.3, -0.25) is 0 Å². The van der Waals surface area contributed by atoms with Crippen LogP contribution in [0.4, 0.5) is 6.01 Å². The Labute approximate surface area is 118 Å². The molecule has 1 aliphatic rings. The Balaban J connectivity index is 1.60. The molecule has 0 aliphatic heterocycles. The summed E-state index contributed by atoms with van der Waals surface area (Å²) < 4.78 is 5.60. The van der Waals surface area contributed by atoms with E-state index in [1.165, 1.54) is 24.0 Å². The van der Waals surface area contributed by atoms with E-state index in [2.05, 4.69) is 46.8 Å². The minimum Gasteiger partial charge on any atom is -0.407 e. The minimum atomic E-state index is 0.140. The van der Waals surface area contributed by atoms with Crippen molar-refractivity contribution in [3.05, 3.63) is 41.3 Å². The molecule has 20 heavy (non-hydrogen) atoms. The zero-order chi connectivity index (χ0) is 13.9. The molecule has 2 N–H and O–H groups in total. The van der Waals surface area contributed by atoms with Crippen LogP contribution >= 0.6 is 0 Å². The standard InChI is InChI=1S/C15H20N4O/c1-10-5-3-4-6-13(10)11(2)17-15-19-18-14(20-15)9-16-12-7-8-12/h3-6,11-12,16H,7-9H2,1-2H3,(H,17,19). The molecule has 5 nitrogen and oxygen atoms in total. The van der Waals surface area contributed by atoms with Crippen molar-refractivity contribution < 1.29 is 4.42 Å². The van der Waals surface area contributed by atoms with Crippen molar-refractivity contribution in [3.8, 4) is 0 Å². The third kappa shape index (κ3) is 3.17. The molecule has 0 spiro atoms. The molecular weight excluding hydrogens is 252 g/mol. The summed E-state index contributed by atoms with van der Waals surface area (Å²) in [4.78, 5) is 0. The van der Waals surface area contributed by atoms with Gasteiger partial charge in [-0.15, -0.1) is 5.10 Å². The fourth-order valence-electron chi connectivity index (χ4n) is 2.24. The molecule has 1 heterocycles. The Morgan fingerprint density at radius 2 is 2.10 bits per heavy atom. The van der Waals surface area contributed by atoms with Crippen LogP contribution in [0, 0.1) is 6.92 Å². The van der Waals surface area contributed by atoms with Gasteiger partial charge in [0.05, 0.1) is 12.6 Å². The van der Waals surface area contributed by atoms with Gasteiger partial charge in [-0.05, 0) is 37.8 Å². The summed E-state index contributed by atoms with van der Waals surface area (Å²) in [6, 6.07) is 9.56. The quantitative estimate of drug-likeness (QED) is 0.846.